The maximum Gasteiger partial charge on any atom is 0.573 e. The molecule has 0 spiro atoms. The SMILES string of the molecule is C=CCc1ccc(C(=O)Oc2ccc(OC(F)(F)F)cc2)cc1. The summed E-state index contributed by atoms with van der Waals surface area (Å²) in [5.74, 6) is -0.856. The van der Waals surface area contributed by atoms with E-state index < -0.39 is 12.3 Å². The van der Waals surface area contributed by atoms with E-state index in [4.69, 9.17) is 4.74 Å². The molecule has 0 saturated carbocycles. The van der Waals surface area contributed by atoms with Gasteiger partial charge in [0.25, 0.3) is 0 Å². The van der Waals surface area contributed by atoms with Crippen molar-refractivity contribution in [3.05, 3.63) is 72.3 Å². The summed E-state index contributed by atoms with van der Waals surface area (Å²) in [4.78, 5) is 11.9. The highest BCUT2D eigenvalue weighted by Crippen LogP contribution is 2.25. The Morgan fingerprint density at radius 1 is 1.00 bits per heavy atom. The predicted molar refractivity (Wildman–Crippen MR) is 78.4 cm³/mol. The van der Waals surface area contributed by atoms with E-state index in [1.54, 1.807) is 30.3 Å². The molecule has 2 aromatic rings. The Bertz CT molecular complexity index is 674. The van der Waals surface area contributed by atoms with Gasteiger partial charge in [-0.05, 0) is 48.4 Å². The summed E-state index contributed by atoms with van der Waals surface area (Å²) >= 11 is 0. The topological polar surface area (TPSA) is 35.5 Å². The molecule has 6 heteroatoms. The first kappa shape index (κ1) is 16.6. The van der Waals surface area contributed by atoms with Crippen molar-refractivity contribution in [3.8, 4) is 11.5 Å². The van der Waals surface area contributed by atoms with E-state index in [-0.39, 0.29) is 11.5 Å². The number of allylic oxidation sites excluding steroid dienone is 1. The number of hydrogen-bond donors (Lipinski definition) is 0. The number of ether oxygens (including phenoxy) is 2. The highest BCUT2D eigenvalue weighted by molar-refractivity contribution is 5.91. The molecule has 0 N–H and O–H groups in total. The molecular formula is C17H13F3O3. The van der Waals surface area contributed by atoms with E-state index in [2.05, 4.69) is 11.3 Å². The molecule has 0 amide bonds. The van der Waals surface area contributed by atoms with Gasteiger partial charge in [-0.25, -0.2) is 4.79 Å². The van der Waals surface area contributed by atoms with Crippen molar-refractivity contribution in [2.24, 2.45) is 0 Å². The first-order valence-electron chi connectivity index (χ1n) is 6.65. The van der Waals surface area contributed by atoms with E-state index in [1.165, 1.54) is 12.1 Å². The molecular weight excluding hydrogens is 309 g/mol. The normalized spacial score (nSPS) is 10.9. The summed E-state index contributed by atoms with van der Waals surface area (Å²) in [6.07, 6.45) is -2.32. The predicted octanol–water partition coefficient (Wildman–Crippen LogP) is 4.53. The van der Waals surface area contributed by atoms with Crippen LogP contribution < -0.4 is 9.47 Å². The second-order valence-corrected chi connectivity index (χ2v) is 4.60. The summed E-state index contributed by atoms with van der Waals surface area (Å²) in [7, 11) is 0. The number of rotatable bonds is 5. The van der Waals surface area contributed by atoms with Crippen LogP contribution in [-0.4, -0.2) is 12.3 Å². The lowest BCUT2D eigenvalue weighted by atomic mass is 10.1. The second-order valence-electron chi connectivity index (χ2n) is 4.60. The highest BCUT2D eigenvalue weighted by atomic mass is 19.4. The van der Waals surface area contributed by atoms with Gasteiger partial charge >= 0.3 is 12.3 Å². The van der Waals surface area contributed by atoms with Crippen molar-refractivity contribution in [2.75, 3.05) is 0 Å². The van der Waals surface area contributed by atoms with Gasteiger partial charge in [-0.15, -0.1) is 19.8 Å². The van der Waals surface area contributed by atoms with E-state index in [1.807, 2.05) is 0 Å². The third-order valence-corrected chi connectivity index (χ3v) is 2.84. The Balaban J connectivity index is 2.00. The number of esters is 1. The van der Waals surface area contributed by atoms with Crippen molar-refractivity contribution in [3.63, 3.8) is 0 Å². The Morgan fingerprint density at radius 3 is 2.09 bits per heavy atom. The molecule has 0 aliphatic rings. The molecule has 0 aromatic heterocycles. The molecule has 2 aromatic carbocycles. The lowest BCUT2D eigenvalue weighted by molar-refractivity contribution is -0.274. The summed E-state index contributed by atoms with van der Waals surface area (Å²) < 4.78 is 45.0. The molecule has 0 aliphatic carbocycles. The zero-order valence-electron chi connectivity index (χ0n) is 12.0. The van der Waals surface area contributed by atoms with Crippen molar-refractivity contribution in [2.45, 2.75) is 12.8 Å². The van der Waals surface area contributed by atoms with Crippen LogP contribution in [0.1, 0.15) is 15.9 Å². The van der Waals surface area contributed by atoms with Gasteiger partial charge in [0.15, 0.2) is 0 Å². The number of carbonyl (C=O) groups excluding carboxylic acids is 1. The zero-order valence-corrected chi connectivity index (χ0v) is 12.0. The van der Waals surface area contributed by atoms with Gasteiger partial charge in [0.2, 0.25) is 0 Å². The zero-order chi connectivity index (χ0) is 16.9. The monoisotopic (exact) mass is 322 g/mol. The van der Waals surface area contributed by atoms with Gasteiger partial charge in [0, 0.05) is 0 Å². The minimum absolute atomic E-state index is 0.125. The van der Waals surface area contributed by atoms with Gasteiger partial charge in [-0.1, -0.05) is 18.2 Å². The molecule has 0 saturated heterocycles. The summed E-state index contributed by atoms with van der Waals surface area (Å²) in [5.41, 5.74) is 1.35. The fourth-order valence-corrected chi connectivity index (χ4v) is 1.82. The number of halogens is 3. The Labute approximate surface area is 131 Å². The molecule has 23 heavy (non-hydrogen) atoms. The third-order valence-electron chi connectivity index (χ3n) is 2.84. The maximum atomic E-state index is 12.0. The van der Waals surface area contributed by atoms with Gasteiger partial charge in [0.1, 0.15) is 11.5 Å². The Morgan fingerprint density at radius 2 is 1.57 bits per heavy atom. The Hall–Kier alpha value is -2.76. The molecule has 0 unspecified atom stereocenters. The minimum Gasteiger partial charge on any atom is -0.423 e. The van der Waals surface area contributed by atoms with Crippen LogP contribution in [0.15, 0.2) is 61.2 Å². The van der Waals surface area contributed by atoms with Gasteiger partial charge < -0.3 is 9.47 Å². The van der Waals surface area contributed by atoms with Gasteiger partial charge in [0.05, 0.1) is 5.56 Å². The maximum absolute atomic E-state index is 12.0. The van der Waals surface area contributed by atoms with Crippen molar-refractivity contribution >= 4 is 5.97 Å². The van der Waals surface area contributed by atoms with Crippen LogP contribution >= 0.6 is 0 Å². The van der Waals surface area contributed by atoms with Crippen LogP contribution in [0.3, 0.4) is 0 Å². The molecule has 0 atom stereocenters. The average Bonchev–Trinajstić information content (AvgIpc) is 2.49. The summed E-state index contributed by atoms with van der Waals surface area (Å²) in [6, 6.07) is 11.4. The van der Waals surface area contributed by atoms with Crippen LogP contribution in [0.5, 0.6) is 11.5 Å². The van der Waals surface area contributed by atoms with Crippen LogP contribution in [0.4, 0.5) is 13.2 Å². The quantitative estimate of drug-likeness (QED) is 0.461. The fraction of sp³-hybridized carbons (Fsp3) is 0.118. The van der Waals surface area contributed by atoms with Crippen molar-refractivity contribution < 1.29 is 27.4 Å². The summed E-state index contributed by atoms with van der Waals surface area (Å²) in [6.45, 7) is 3.63. The smallest absolute Gasteiger partial charge is 0.423 e. The molecule has 0 heterocycles. The van der Waals surface area contributed by atoms with E-state index in [0.717, 1.165) is 17.7 Å². The number of hydrogen-bond acceptors (Lipinski definition) is 3. The molecule has 3 nitrogen and oxygen atoms in total. The van der Waals surface area contributed by atoms with Crippen LogP contribution in [0.2, 0.25) is 0 Å². The largest absolute Gasteiger partial charge is 0.573 e. The first-order valence-corrected chi connectivity index (χ1v) is 6.65. The lowest BCUT2D eigenvalue weighted by Gasteiger charge is -2.09. The molecule has 0 radical (unpaired) electrons. The second kappa shape index (κ2) is 7.00. The van der Waals surface area contributed by atoms with E-state index in [0.29, 0.717) is 12.0 Å². The van der Waals surface area contributed by atoms with Gasteiger partial charge in [-0.3, -0.25) is 0 Å². The average molecular weight is 322 g/mol. The Kier molecular flexibility index (Phi) is 5.05. The summed E-state index contributed by atoms with van der Waals surface area (Å²) in [5, 5.41) is 0. The molecule has 0 bridgehead atoms. The van der Waals surface area contributed by atoms with Crippen LogP contribution in [0, 0.1) is 0 Å². The number of alkyl halides is 3. The highest BCUT2D eigenvalue weighted by Gasteiger charge is 2.31. The van der Waals surface area contributed by atoms with Crippen molar-refractivity contribution in [1.82, 2.24) is 0 Å². The fourth-order valence-electron chi connectivity index (χ4n) is 1.82. The van der Waals surface area contributed by atoms with Crippen LogP contribution in [-0.2, 0) is 6.42 Å². The molecule has 2 rings (SSSR count). The van der Waals surface area contributed by atoms with Crippen molar-refractivity contribution in [1.29, 1.82) is 0 Å². The van der Waals surface area contributed by atoms with E-state index >= 15 is 0 Å². The van der Waals surface area contributed by atoms with E-state index in [9.17, 15) is 18.0 Å². The van der Waals surface area contributed by atoms with Gasteiger partial charge in [-0.2, -0.15) is 0 Å². The first-order chi connectivity index (χ1) is 10.9. The standard InChI is InChI=1S/C17H13F3O3/c1-2-3-12-4-6-13(7-5-12)16(21)22-14-8-10-15(11-9-14)23-17(18,19)20/h2,4-11H,1,3H2. The lowest BCUT2D eigenvalue weighted by Crippen LogP contribution is -2.17. The number of benzene rings is 2. The molecule has 0 aliphatic heterocycles. The van der Waals surface area contributed by atoms with Crippen LogP contribution in [0.25, 0.3) is 0 Å². The number of carbonyl (C=O) groups is 1. The third kappa shape index (κ3) is 5.18. The molecule has 120 valence electrons. The molecule has 0 fully saturated rings. The minimum atomic E-state index is -4.76.